The van der Waals surface area contributed by atoms with Crippen LogP contribution in [0.3, 0.4) is 0 Å². The fraction of sp³-hybridized carbons (Fsp3) is 0.280. The fourth-order valence-electron chi connectivity index (χ4n) is 3.79. The fourth-order valence-corrected chi connectivity index (χ4v) is 3.91. The van der Waals surface area contributed by atoms with Crippen molar-refractivity contribution >= 4 is 34.2 Å². The SMILES string of the molecule is COC(=O)C(C)(C)Cn1c(=O)[nH]/c(=N\c2ccc3oc(C)cc3c2)n(Cc2ccc(Cl)cc2)c1=O. The predicted molar refractivity (Wildman–Crippen MR) is 132 cm³/mol. The summed E-state index contributed by atoms with van der Waals surface area (Å²) < 4.78 is 12.8. The van der Waals surface area contributed by atoms with Crippen LogP contribution in [0, 0.1) is 12.3 Å². The molecule has 4 aromatic rings. The summed E-state index contributed by atoms with van der Waals surface area (Å²) in [6.07, 6.45) is 0. The number of ether oxygens (including phenoxy) is 1. The Labute approximate surface area is 205 Å². The first kappa shape index (κ1) is 24.3. The van der Waals surface area contributed by atoms with Gasteiger partial charge in [0.05, 0.1) is 24.8 Å². The summed E-state index contributed by atoms with van der Waals surface area (Å²) in [5, 5.41) is 1.41. The van der Waals surface area contributed by atoms with Crippen LogP contribution in [0.15, 0.2) is 67.5 Å². The second kappa shape index (κ2) is 9.42. The molecular weight excluding hydrogens is 472 g/mol. The van der Waals surface area contributed by atoms with Gasteiger partial charge in [-0.15, -0.1) is 0 Å². The molecule has 2 aromatic heterocycles. The molecule has 182 valence electrons. The molecule has 0 radical (unpaired) electrons. The van der Waals surface area contributed by atoms with Crippen molar-refractivity contribution in [2.75, 3.05) is 7.11 Å². The van der Waals surface area contributed by atoms with E-state index in [2.05, 4.69) is 9.98 Å². The maximum atomic E-state index is 13.5. The van der Waals surface area contributed by atoms with Gasteiger partial charge >= 0.3 is 17.3 Å². The third-order valence-electron chi connectivity index (χ3n) is 5.58. The van der Waals surface area contributed by atoms with Gasteiger partial charge in [0.2, 0.25) is 5.62 Å². The average Bonchev–Trinajstić information content (AvgIpc) is 3.19. The molecular formula is C25H25ClN4O5. The van der Waals surface area contributed by atoms with Gasteiger partial charge < -0.3 is 9.15 Å². The quantitative estimate of drug-likeness (QED) is 0.410. The van der Waals surface area contributed by atoms with Crippen LogP contribution in [0.5, 0.6) is 0 Å². The molecule has 10 heteroatoms. The van der Waals surface area contributed by atoms with E-state index in [1.807, 2.05) is 19.1 Å². The summed E-state index contributed by atoms with van der Waals surface area (Å²) in [6, 6.07) is 14.2. The zero-order valence-corrected chi connectivity index (χ0v) is 20.5. The van der Waals surface area contributed by atoms with E-state index in [-0.39, 0.29) is 18.7 Å². The number of furan rings is 1. The summed E-state index contributed by atoms with van der Waals surface area (Å²) in [4.78, 5) is 45.9. The van der Waals surface area contributed by atoms with Gasteiger partial charge in [-0.1, -0.05) is 23.7 Å². The van der Waals surface area contributed by atoms with Crippen LogP contribution in [0.2, 0.25) is 5.02 Å². The number of nitrogens with zero attached hydrogens (tertiary/aromatic N) is 3. The number of carbonyl (C=O) groups is 1. The molecule has 2 heterocycles. The van der Waals surface area contributed by atoms with E-state index < -0.39 is 22.8 Å². The number of benzene rings is 2. The molecule has 0 amide bonds. The molecule has 0 aliphatic heterocycles. The Kier molecular flexibility index (Phi) is 6.53. The molecule has 1 N–H and O–H groups in total. The predicted octanol–water partition coefficient (Wildman–Crippen LogP) is 3.53. The van der Waals surface area contributed by atoms with Gasteiger partial charge in [-0.05, 0) is 62.7 Å². The van der Waals surface area contributed by atoms with Gasteiger partial charge in [0, 0.05) is 17.0 Å². The normalized spacial score (nSPS) is 12.3. The van der Waals surface area contributed by atoms with Gasteiger partial charge in [-0.25, -0.2) is 19.1 Å². The number of aromatic nitrogens is 3. The molecule has 0 saturated heterocycles. The summed E-state index contributed by atoms with van der Waals surface area (Å²) >= 11 is 6.01. The van der Waals surface area contributed by atoms with Crippen LogP contribution in [0.25, 0.3) is 11.0 Å². The molecule has 0 aliphatic carbocycles. The second-order valence-corrected chi connectivity index (χ2v) is 9.34. The van der Waals surface area contributed by atoms with Crippen molar-refractivity contribution in [1.82, 2.24) is 14.1 Å². The third kappa shape index (κ3) is 5.14. The first-order valence-corrected chi connectivity index (χ1v) is 11.3. The highest BCUT2D eigenvalue weighted by atomic mass is 35.5. The van der Waals surface area contributed by atoms with Gasteiger partial charge in [0.25, 0.3) is 0 Å². The smallest absolute Gasteiger partial charge is 0.335 e. The van der Waals surface area contributed by atoms with Crippen molar-refractivity contribution in [3.63, 3.8) is 0 Å². The molecule has 9 nitrogen and oxygen atoms in total. The Balaban J connectivity index is 1.89. The first-order valence-electron chi connectivity index (χ1n) is 10.9. The van der Waals surface area contributed by atoms with Crippen molar-refractivity contribution < 1.29 is 13.9 Å². The maximum absolute atomic E-state index is 13.5. The van der Waals surface area contributed by atoms with E-state index in [9.17, 15) is 14.4 Å². The molecule has 35 heavy (non-hydrogen) atoms. The standard InChI is InChI=1S/C25H25ClN4O5/c1-15-11-17-12-19(9-10-20(17)35-15)27-22-28-23(32)30(14-25(2,3)21(31)34-4)24(33)29(22)13-16-5-7-18(26)8-6-16/h5-12H,13-14H2,1-4H3,(H,27,28,32). The summed E-state index contributed by atoms with van der Waals surface area (Å²) in [5.41, 5.74) is -0.304. The van der Waals surface area contributed by atoms with Crippen molar-refractivity contribution in [1.29, 1.82) is 0 Å². The van der Waals surface area contributed by atoms with Crippen LogP contribution in [-0.4, -0.2) is 27.2 Å². The number of hydrogen-bond donors (Lipinski definition) is 1. The average molecular weight is 497 g/mol. The van der Waals surface area contributed by atoms with Crippen LogP contribution in [0.4, 0.5) is 5.69 Å². The monoisotopic (exact) mass is 496 g/mol. The van der Waals surface area contributed by atoms with Crippen LogP contribution in [0.1, 0.15) is 25.2 Å². The highest BCUT2D eigenvalue weighted by molar-refractivity contribution is 6.30. The Bertz CT molecular complexity index is 1590. The van der Waals surface area contributed by atoms with E-state index in [1.165, 1.54) is 11.7 Å². The number of esters is 1. The maximum Gasteiger partial charge on any atom is 0.335 e. The number of aryl methyl sites for hydroxylation is 1. The van der Waals surface area contributed by atoms with E-state index in [0.29, 0.717) is 16.3 Å². The summed E-state index contributed by atoms with van der Waals surface area (Å²) in [6.45, 7) is 5.01. The molecule has 0 unspecified atom stereocenters. The largest absolute Gasteiger partial charge is 0.469 e. The number of fused-ring (bicyclic) bond motifs is 1. The van der Waals surface area contributed by atoms with E-state index in [1.54, 1.807) is 50.2 Å². The lowest BCUT2D eigenvalue weighted by Crippen LogP contribution is -2.52. The number of H-pyrrole nitrogens is 1. The zero-order valence-electron chi connectivity index (χ0n) is 19.8. The van der Waals surface area contributed by atoms with Gasteiger partial charge in [0.1, 0.15) is 11.3 Å². The highest BCUT2D eigenvalue weighted by Crippen LogP contribution is 2.24. The number of halogens is 1. The van der Waals surface area contributed by atoms with Gasteiger partial charge in [-0.3, -0.25) is 14.3 Å². The Morgan fingerprint density at radius 2 is 1.83 bits per heavy atom. The van der Waals surface area contributed by atoms with E-state index in [0.717, 1.165) is 21.3 Å². The van der Waals surface area contributed by atoms with Crippen molar-refractivity contribution in [3.05, 3.63) is 91.5 Å². The number of carbonyl (C=O) groups excluding carboxylic acids is 1. The molecule has 4 rings (SSSR count). The molecule has 2 aromatic carbocycles. The van der Waals surface area contributed by atoms with Crippen LogP contribution < -0.4 is 17.0 Å². The summed E-state index contributed by atoms with van der Waals surface area (Å²) in [5.74, 6) is 0.227. The van der Waals surface area contributed by atoms with E-state index in [4.69, 9.17) is 20.8 Å². The Hall–Kier alpha value is -3.85. The minimum Gasteiger partial charge on any atom is -0.469 e. The third-order valence-corrected chi connectivity index (χ3v) is 5.84. The molecule has 0 spiro atoms. The summed E-state index contributed by atoms with van der Waals surface area (Å²) in [7, 11) is 1.26. The number of nitrogens with one attached hydrogen (secondary N) is 1. The topological polar surface area (TPSA) is 112 Å². The van der Waals surface area contributed by atoms with Crippen molar-refractivity contribution in [3.8, 4) is 0 Å². The molecule has 0 fully saturated rings. The lowest BCUT2D eigenvalue weighted by molar-refractivity contribution is -0.151. The number of rotatable bonds is 6. The van der Waals surface area contributed by atoms with Crippen LogP contribution in [-0.2, 0) is 22.6 Å². The van der Waals surface area contributed by atoms with Gasteiger partial charge in [0.15, 0.2) is 0 Å². The second-order valence-electron chi connectivity index (χ2n) is 8.90. The number of hydrogen-bond acceptors (Lipinski definition) is 6. The van der Waals surface area contributed by atoms with Gasteiger partial charge in [-0.2, -0.15) is 0 Å². The highest BCUT2D eigenvalue weighted by Gasteiger charge is 2.31. The number of aromatic amines is 1. The van der Waals surface area contributed by atoms with Crippen LogP contribution >= 0.6 is 11.6 Å². The minimum absolute atomic E-state index is 0.0710. The molecule has 0 saturated carbocycles. The first-order chi connectivity index (χ1) is 16.6. The molecule has 0 bridgehead atoms. The number of methoxy groups -OCH3 is 1. The lowest BCUT2D eigenvalue weighted by atomic mass is 9.94. The molecule has 0 atom stereocenters. The Morgan fingerprint density at radius 3 is 2.51 bits per heavy atom. The molecule has 0 aliphatic rings. The zero-order chi connectivity index (χ0) is 25.3. The van der Waals surface area contributed by atoms with E-state index >= 15 is 0 Å². The minimum atomic E-state index is -1.10. The van der Waals surface area contributed by atoms with Crippen molar-refractivity contribution in [2.45, 2.75) is 33.9 Å². The van der Waals surface area contributed by atoms with Crippen molar-refractivity contribution in [2.24, 2.45) is 10.4 Å². The lowest BCUT2D eigenvalue weighted by Gasteiger charge is -2.22. The Morgan fingerprint density at radius 1 is 1.11 bits per heavy atom.